The molecule has 1 saturated carbocycles. The molecule has 0 amide bonds. The zero-order valence-corrected chi connectivity index (χ0v) is 19.1. The Hall–Kier alpha value is -2.74. The van der Waals surface area contributed by atoms with Crippen LogP contribution in [0.25, 0.3) is 0 Å². The number of rotatable bonds is 6. The predicted molar refractivity (Wildman–Crippen MR) is 121 cm³/mol. The van der Waals surface area contributed by atoms with Crippen LogP contribution in [0.15, 0.2) is 41.4 Å². The molecule has 1 aliphatic rings. The minimum Gasteiger partial charge on any atom is -0.312 e. The SMILES string of the molecule is Cc1[nH]nc(N(C)c2ccnc(Cc3cccc(S(=O)(=O)C4CCCCC4)c3)n2)c1C. The zero-order chi connectivity index (χ0) is 22.0. The normalized spacial score (nSPS) is 15.2. The van der Waals surface area contributed by atoms with Crippen molar-refractivity contribution >= 4 is 21.5 Å². The van der Waals surface area contributed by atoms with Crippen molar-refractivity contribution < 1.29 is 8.42 Å². The highest BCUT2D eigenvalue weighted by Gasteiger charge is 2.29. The van der Waals surface area contributed by atoms with E-state index in [0.717, 1.165) is 60.6 Å². The van der Waals surface area contributed by atoms with Gasteiger partial charge in [-0.05, 0) is 50.5 Å². The maximum Gasteiger partial charge on any atom is 0.181 e. The van der Waals surface area contributed by atoms with Crippen LogP contribution in [0.1, 0.15) is 54.7 Å². The number of sulfone groups is 1. The number of anilines is 2. The standard InChI is InChI=1S/C23H29N5O2S/c1-16-17(2)26-27-23(16)28(3)22-12-13-24-21(25-22)15-18-8-7-11-20(14-18)31(29,30)19-9-5-4-6-10-19/h7-8,11-14,19H,4-6,9-10,15H2,1-3H3,(H,26,27). The molecule has 0 bridgehead atoms. The van der Waals surface area contributed by atoms with E-state index >= 15 is 0 Å². The van der Waals surface area contributed by atoms with Gasteiger partial charge >= 0.3 is 0 Å². The van der Waals surface area contributed by atoms with Crippen LogP contribution < -0.4 is 4.90 Å². The molecule has 0 aliphatic heterocycles. The molecule has 1 fully saturated rings. The lowest BCUT2D eigenvalue weighted by atomic mass is 10.0. The van der Waals surface area contributed by atoms with Gasteiger partial charge in [-0.1, -0.05) is 31.4 Å². The Morgan fingerprint density at radius 1 is 1.13 bits per heavy atom. The highest BCUT2D eigenvalue weighted by molar-refractivity contribution is 7.92. The number of H-pyrrole nitrogens is 1. The van der Waals surface area contributed by atoms with Crippen LogP contribution in [0.5, 0.6) is 0 Å². The van der Waals surface area contributed by atoms with Gasteiger partial charge < -0.3 is 4.90 Å². The molecule has 7 nitrogen and oxygen atoms in total. The van der Waals surface area contributed by atoms with E-state index in [1.807, 2.05) is 44.0 Å². The largest absolute Gasteiger partial charge is 0.312 e. The van der Waals surface area contributed by atoms with Gasteiger partial charge in [-0.3, -0.25) is 5.10 Å². The molecular weight excluding hydrogens is 410 g/mol. The van der Waals surface area contributed by atoms with Gasteiger partial charge in [0.1, 0.15) is 11.6 Å². The Morgan fingerprint density at radius 3 is 2.61 bits per heavy atom. The summed E-state index contributed by atoms with van der Waals surface area (Å²) in [5, 5.41) is 7.10. The molecule has 31 heavy (non-hydrogen) atoms. The van der Waals surface area contributed by atoms with Gasteiger partial charge in [0.15, 0.2) is 15.7 Å². The van der Waals surface area contributed by atoms with Crippen LogP contribution >= 0.6 is 0 Å². The number of hydrogen-bond donors (Lipinski definition) is 1. The molecule has 0 spiro atoms. The topological polar surface area (TPSA) is 91.8 Å². The van der Waals surface area contributed by atoms with Crippen molar-refractivity contribution in [3.63, 3.8) is 0 Å². The second-order valence-corrected chi connectivity index (χ2v) is 10.5. The molecular formula is C23H29N5O2S. The lowest BCUT2D eigenvalue weighted by molar-refractivity contribution is 0.483. The summed E-state index contributed by atoms with van der Waals surface area (Å²) >= 11 is 0. The lowest BCUT2D eigenvalue weighted by Gasteiger charge is -2.22. The average molecular weight is 440 g/mol. The van der Waals surface area contributed by atoms with Crippen molar-refractivity contribution in [3.8, 4) is 0 Å². The second kappa shape index (κ2) is 8.78. The number of aromatic nitrogens is 4. The summed E-state index contributed by atoms with van der Waals surface area (Å²) in [6, 6.07) is 9.08. The number of nitrogens with one attached hydrogen (secondary N) is 1. The average Bonchev–Trinajstić information content (AvgIpc) is 3.12. The summed E-state index contributed by atoms with van der Waals surface area (Å²) in [6.45, 7) is 4.00. The molecule has 3 aromatic rings. The van der Waals surface area contributed by atoms with Gasteiger partial charge in [-0.15, -0.1) is 0 Å². The van der Waals surface area contributed by atoms with Gasteiger partial charge in [-0.2, -0.15) is 5.10 Å². The van der Waals surface area contributed by atoms with E-state index in [1.54, 1.807) is 18.3 Å². The minimum atomic E-state index is -3.30. The molecule has 8 heteroatoms. The van der Waals surface area contributed by atoms with E-state index in [0.29, 0.717) is 17.1 Å². The molecule has 2 aromatic heterocycles. The fraction of sp³-hybridized carbons (Fsp3) is 0.435. The van der Waals surface area contributed by atoms with E-state index in [-0.39, 0.29) is 5.25 Å². The number of hydrogen-bond acceptors (Lipinski definition) is 6. The van der Waals surface area contributed by atoms with E-state index < -0.39 is 9.84 Å². The van der Waals surface area contributed by atoms with Crippen LogP contribution in [-0.4, -0.2) is 40.9 Å². The maximum absolute atomic E-state index is 13.1. The Balaban J connectivity index is 1.56. The predicted octanol–water partition coefficient (Wildman–Crippen LogP) is 4.28. The van der Waals surface area contributed by atoms with E-state index in [2.05, 4.69) is 20.2 Å². The van der Waals surface area contributed by atoms with Gasteiger partial charge in [0, 0.05) is 30.9 Å². The van der Waals surface area contributed by atoms with Crippen LogP contribution in [0.3, 0.4) is 0 Å². The zero-order valence-electron chi connectivity index (χ0n) is 18.3. The Bertz CT molecular complexity index is 1170. The van der Waals surface area contributed by atoms with E-state index in [4.69, 9.17) is 0 Å². The van der Waals surface area contributed by atoms with E-state index in [9.17, 15) is 8.42 Å². The summed E-state index contributed by atoms with van der Waals surface area (Å²) in [5.41, 5.74) is 2.99. The molecule has 1 N–H and O–H groups in total. The van der Waals surface area contributed by atoms with Gasteiger partial charge in [0.05, 0.1) is 10.1 Å². The van der Waals surface area contributed by atoms with Gasteiger partial charge in [0.2, 0.25) is 0 Å². The summed E-state index contributed by atoms with van der Waals surface area (Å²) in [4.78, 5) is 11.4. The van der Waals surface area contributed by atoms with Gasteiger partial charge in [-0.25, -0.2) is 18.4 Å². The number of nitrogens with zero attached hydrogens (tertiary/aromatic N) is 4. The molecule has 1 aromatic carbocycles. The molecule has 4 rings (SSSR count). The lowest BCUT2D eigenvalue weighted by Crippen LogP contribution is -2.24. The Labute approximate surface area is 183 Å². The monoisotopic (exact) mass is 439 g/mol. The molecule has 164 valence electrons. The summed E-state index contributed by atoms with van der Waals surface area (Å²) in [5.74, 6) is 2.20. The Morgan fingerprint density at radius 2 is 1.90 bits per heavy atom. The first-order valence-electron chi connectivity index (χ1n) is 10.8. The number of benzene rings is 1. The first-order valence-corrected chi connectivity index (χ1v) is 12.3. The fourth-order valence-electron chi connectivity index (χ4n) is 4.15. The van der Waals surface area contributed by atoms with Crippen LogP contribution in [-0.2, 0) is 16.3 Å². The number of aromatic amines is 1. The third-order valence-electron chi connectivity index (χ3n) is 6.16. The molecule has 0 atom stereocenters. The highest BCUT2D eigenvalue weighted by atomic mass is 32.2. The third kappa shape index (κ3) is 4.49. The van der Waals surface area contributed by atoms with Crippen molar-refractivity contribution in [2.75, 3.05) is 11.9 Å². The maximum atomic E-state index is 13.1. The first-order chi connectivity index (χ1) is 14.9. The fourth-order valence-corrected chi connectivity index (χ4v) is 6.07. The van der Waals surface area contributed by atoms with Gasteiger partial charge in [0.25, 0.3) is 0 Å². The quantitative estimate of drug-likeness (QED) is 0.616. The molecule has 0 radical (unpaired) electrons. The van der Waals surface area contributed by atoms with Crippen LogP contribution in [0.2, 0.25) is 0 Å². The molecule has 0 unspecified atom stereocenters. The molecule has 2 heterocycles. The minimum absolute atomic E-state index is 0.259. The molecule has 0 saturated heterocycles. The van der Waals surface area contributed by atoms with E-state index in [1.165, 1.54) is 0 Å². The second-order valence-electron chi connectivity index (χ2n) is 8.32. The Kier molecular flexibility index (Phi) is 6.09. The summed E-state index contributed by atoms with van der Waals surface area (Å²) in [6.07, 6.45) is 6.83. The van der Waals surface area contributed by atoms with Crippen molar-refractivity contribution in [1.82, 2.24) is 20.2 Å². The van der Waals surface area contributed by atoms with Crippen molar-refractivity contribution in [1.29, 1.82) is 0 Å². The van der Waals surface area contributed by atoms with Crippen LogP contribution in [0.4, 0.5) is 11.6 Å². The summed E-state index contributed by atoms with van der Waals surface area (Å²) in [7, 11) is -1.37. The molecule has 1 aliphatic carbocycles. The van der Waals surface area contributed by atoms with Crippen molar-refractivity contribution in [2.45, 2.75) is 62.5 Å². The van der Waals surface area contributed by atoms with Crippen molar-refractivity contribution in [3.05, 3.63) is 59.2 Å². The van der Waals surface area contributed by atoms with Crippen molar-refractivity contribution in [2.24, 2.45) is 0 Å². The summed E-state index contributed by atoms with van der Waals surface area (Å²) < 4.78 is 26.2. The smallest absolute Gasteiger partial charge is 0.181 e. The third-order valence-corrected chi connectivity index (χ3v) is 8.42. The van der Waals surface area contributed by atoms with Crippen LogP contribution in [0, 0.1) is 13.8 Å². The highest BCUT2D eigenvalue weighted by Crippen LogP contribution is 2.29. The first kappa shape index (κ1) is 21.5. The number of aryl methyl sites for hydroxylation is 1.